The van der Waals surface area contributed by atoms with E-state index >= 15 is 0 Å². The first-order valence-corrected chi connectivity index (χ1v) is 10.2. The zero-order valence-electron chi connectivity index (χ0n) is 16.7. The summed E-state index contributed by atoms with van der Waals surface area (Å²) in [4.78, 5) is 38.5. The molecule has 1 N–H and O–H groups in total. The van der Waals surface area contributed by atoms with Crippen molar-refractivity contribution in [1.82, 2.24) is 9.66 Å². The minimum Gasteiger partial charge on any atom is -0.481 e. The van der Waals surface area contributed by atoms with E-state index in [-0.39, 0.29) is 29.0 Å². The van der Waals surface area contributed by atoms with Gasteiger partial charge in [0.25, 0.3) is 5.56 Å². The van der Waals surface area contributed by atoms with Gasteiger partial charge in [0.2, 0.25) is 5.75 Å². The number of hydrogen-bond acceptors (Lipinski definition) is 6. The fourth-order valence-corrected chi connectivity index (χ4v) is 3.57. The van der Waals surface area contributed by atoms with Crippen LogP contribution in [0.1, 0.15) is 11.1 Å². The lowest BCUT2D eigenvalue weighted by atomic mass is 10.2. The first kappa shape index (κ1) is 22.3. The maximum absolute atomic E-state index is 12.7. The lowest BCUT2D eigenvalue weighted by Gasteiger charge is -2.11. The van der Waals surface area contributed by atoms with Crippen LogP contribution in [0.25, 0.3) is 10.9 Å². The number of rotatable bonds is 6. The highest BCUT2D eigenvalue weighted by atomic mass is 35.5. The molecule has 3 aromatic carbocycles. The van der Waals surface area contributed by atoms with Crippen molar-refractivity contribution in [3.05, 3.63) is 113 Å². The lowest BCUT2D eigenvalue weighted by molar-refractivity contribution is -0.385. The van der Waals surface area contributed by atoms with Crippen LogP contribution in [0, 0.1) is 10.1 Å². The molecule has 0 unspecified atom stereocenters. The van der Waals surface area contributed by atoms with Crippen molar-refractivity contribution < 1.29 is 9.66 Å². The fraction of sp³-hybridized carbons (Fsp3) is 0.0455. The van der Waals surface area contributed by atoms with Gasteiger partial charge in [-0.1, -0.05) is 47.5 Å². The second-order valence-electron chi connectivity index (χ2n) is 6.81. The van der Waals surface area contributed by atoms with E-state index in [9.17, 15) is 19.7 Å². The summed E-state index contributed by atoms with van der Waals surface area (Å²) in [5.41, 5.74) is -0.581. The van der Waals surface area contributed by atoms with Crippen molar-refractivity contribution in [2.45, 2.75) is 6.61 Å². The highest BCUT2D eigenvalue weighted by Gasteiger charge is 2.19. The molecule has 11 heteroatoms. The average molecular weight is 485 g/mol. The Balaban J connectivity index is 1.74. The molecule has 0 radical (unpaired) electrons. The fourth-order valence-electron chi connectivity index (χ4n) is 3.11. The molecule has 0 fully saturated rings. The SMILES string of the molecule is O=c1[nH]c2ccccc2c(=O)n1N=Cc1cccc([N+](=O)[O-])c1OCc1ccc(Cl)cc1Cl. The monoisotopic (exact) mass is 484 g/mol. The van der Waals surface area contributed by atoms with E-state index in [0.29, 0.717) is 25.8 Å². The molecule has 4 aromatic rings. The number of ether oxygens (including phenoxy) is 1. The van der Waals surface area contributed by atoms with Gasteiger partial charge in [-0.15, -0.1) is 4.68 Å². The average Bonchev–Trinajstić information content (AvgIpc) is 2.78. The summed E-state index contributed by atoms with van der Waals surface area (Å²) in [7, 11) is 0. The number of nitrogens with one attached hydrogen (secondary N) is 1. The molecule has 1 heterocycles. The minimum absolute atomic E-state index is 0.0851. The molecule has 0 amide bonds. The van der Waals surface area contributed by atoms with E-state index in [1.54, 1.807) is 36.4 Å². The van der Waals surface area contributed by atoms with Crippen LogP contribution in [0.5, 0.6) is 5.75 Å². The zero-order chi connectivity index (χ0) is 23.5. The van der Waals surface area contributed by atoms with Gasteiger partial charge >= 0.3 is 11.4 Å². The van der Waals surface area contributed by atoms with Crippen LogP contribution >= 0.6 is 23.2 Å². The quantitative estimate of drug-likeness (QED) is 0.247. The molecule has 0 aliphatic heterocycles. The molecule has 9 nitrogen and oxygen atoms in total. The standard InChI is InChI=1S/C22H14Cl2N4O5/c23-15-9-8-14(17(24)10-15)12-33-20-13(4-3-7-19(20)28(31)32)11-25-27-21(29)16-5-1-2-6-18(16)26-22(27)30/h1-11H,12H2,(H,26,30). The Kier molecular flexibility index (Phi) is 6.25. The molecule has 0 spiro atoms. The predicted molar refractivity (Wildman–Crippen MR) is 126 cm³/mol. The van der Waals surface area contributed by atoms with Gasteiger partial charge in [-0.25, -0.2) is 4.79 Å². The van der Waals surface area contributed by atoms with Gasteiger partial charge in [-0.2, -0.15) is 5.10 Å². The summed E-state index contributed by atoms with van der Waals surface area (Å²) < 4.78 is 6.36. The normalized spacial score (nSPS) is 11.2. The first-order chi connectivity index (χ1) is 15.8. The van der Waals surface area contributed by atoms with Crippen LogP contribution in [0.15, 0.2) is 75.4 Å². The Bertz CT molecular complexity index is 1530. The van der Waals surface area contributed by atoms with E-state index in [1.807, 2.05) is 0 Å². The van der Waals surface area contributed by atoms with E-state index < -0.39 is 16.2 Å². The third-order valence-corrected chi connectivity index (χ3v) is 5.29. The third kappa shape index (κ3) is 4.64. The maximum atomic E-state index is 12.7. The second kappa shape index (κ2) is 9.27. The van der Waals surface area contributed by atoms with Gasteiger partial charge in [0, 0.05) is 27.2 Å². The number of halogens is 2. The number of nitrogens with zero attached hydrogens (tertiary/aromatic N) is 3. The Morgan fingerprint density at radius 3 is 2.64 bits per heavy atom. The molecular weight excluding hydrogens is 471 g/mol. The van der Waals surface area contributed by atoms with Crippen molar-refractivity contribution in [2.24, 2.45) is 5.10 Å². The van der Waals surface area contributed by atoms with Gasteiger partial charge in [-0.3, -0.25) is 14.9 Å². The molecule has 4 rings (SSSR count). The van der Waals surface area contributed by atoms with Crippen LogP contribution in [-0.2, 0) is 6.61 Å². The van der Waals surface area contributed by atoms with Crippen LogP contribution in [0.3, 0.4) is 0 Å². The predicted octanol–water partition coefficient (Wildman–Crippen LogP) is 4.37. The number of nitro groups is 1. The highest BCUT2D eigenvalue weighted by Crippen LogP contribution is 2.31. The molecule has 0 saturated carbocycles. The van der Waals surface area contributed by atoms with E-state index in [1.165, 1.54) is 24.3 Å². The minimum atomic E-state index is -0.754. The Hall–Kier alpha value is -3.95. The van der Waals surface area contributed by atoms with Crippen molar-refractivity contribution in [2.75, 3.05) is 0 Å². The van der Waals surface area contributed by atoms with Gasteiger partial charge < -0.3 is 9.72 Å². The van der Waals surface area contributed by atoms with Crippen molar-refractivity contribution >= 4 is 46.0 Å². The van der Waals surface area contributed by atoms with Crippen molar-refractivity contribution in [1.29, 1.82) is 0 Å². The number of para-hydroxylation sites is 2. The topological polar surface area (TPSA) is 120 Å². The number of hydrogen-bond donors (Lipinski definition) is 1. The smallest absolute Gasteiger partial charge is 0.349 e. The Morgan fingerprint density at radius 1 is 1.09 bits per heavy atom. The van der Waals surface area contributed by atoms with E-state index in [4.69, 9.17) is 27.9 Å². The van der Waals surface area contributed by atoms with Crippen LogP contribution < -0.4 is 16.0 Å². The summed E-state index contributed by atoms with van der Waals surface area (Å²) in [5.74, 6) is -0.0949. The van der Waals surface area contributed by atoms with Crippen molar-refractivity contribution in [3.63, 3.8) is 0 Å². The molecular formula is C22H14Cl2N4O5. The summed E-state index contributed by atoms with van der Waals surface area (Å²) >= 11 is 12.1. The molecule has 1 aromatic heterocycles. The number of H-pyrrole nitrogens is 1. The number of aromatic amines is 1. The zero-order valence-corrected chi connectivity index (χ0v) is 18.2. The molecule has 33 heavy (non-hydrogen) atoms. The van der Waals surface area contributed by atoms with Gasteiger partial charge in [-0.05, 0) is 30.3 Å². The highest BCUT2D eigenvalue weighted by molar-refractivity contribution is 6.35. The number of aromatic nitrogens is 2. The maximum Gasteiger partial charge on any atom is 0.349 e. The molecule has 0 atom stereocenters. The molecule has 0 bridgehead atoms. The summed E-state index contributed by atoms with van der Waals surface area (Å²) in [6.45, 7) is -0.0851. The van der Waals surface area contributed by atoms with Gasteiger partial charge in [0.05, 0.1) is 22.0 Å². The summed E-state index contributed by atoms with van der Waals surface area (Å²) in [6, 6.07) is 15.5. The van der Waals surface area contributed by atoms with Crippen LogP contribution in [0.4, 0.5) is 5.69 Å². The van der Waals surface area contributed by atoms with E-state index in [2.05, 4.69) is 10.1 Å². The van der Waals surface area contributed by atoms with E-state index in [0.717, 1.165) is 6.21 Å². The number of nitro benzene ring substituents is 1. The molecule has 0 aliphatic carbocycles. The van der Waals surface area contributed by atoms with Gasteiger partial charge in [0.1, 0.15) is 6.61 Å². The lowest BCUT2D eigenvalue weighted by Crippen LogP contribution is -2.32. The van der Waals surface area contributed by atoms with Crippen LogP contribution in [0.2, 0.25) is 10.0 Å². The summed E-state index contributed by atoms with van der Waals surface area (Å²) in [5, 5.41) is 16.6. The van der Waals surface area contributed by atoms with Gasteiger partial charge in [0.15, 0.2) is 0 Å². The first-order valence-electron chi connectivity index (χ1n) is 9.47. The number of benzene rings is 3. The third-order valence-electron chi connectivity index (χ3n) is 4.70. The Morgan fingerprint density at radius 2 is 1.88 bits per heavy atom. The largest absolute Gasteiger partial charge is 0.481 e. The second-order valence-corrected chi connectivity index (χ2v) is 7.66. The van der Waals surface area contributed by atoms with Crippen molar-refractivity contribution in [3.8, 4) is 5.75 Å². The molecule has 166 valence electrons. The molecule has 0 aliphatic rings. The summed E-state index contributed by atoms with van der Waals surface area (Å²) in [6.07, 6.45) is 1.15. The Labute approximate surface area is 195 Å². The van der Waals surface area contributed by atoms with Crippen LogP contribution in [-0.4, -0.2) is 20.8 Å². The number of fused-ring (bicyclic) bond motifs is 1. The molecule has 0 saturated heterocycles.